The van der Waals surface area contributed by atoms with Crippen molar-refractivity contribution in [1.82, 2.24) is 4.90 Å². The molecule has 1 aliphatic carbocycles. The molecule has 5 heteroatoms. The number of nitrogens with zero attached hydrogens (tertiary/aromatic N) is 1. The van der Waals surface area contributed by atoms with E-state index in [4.69, 9.17) is 4.74 Å². The Balaban J connectivity index is 2.99. The van der Waals surface area contributed by atoms with Crippen molar-refractivity contribution < 1.29 is 19.4 Å². The summed E-state index contributed by atoms with van der Waals surface area (Å²) in [5, 5.41) is 9.22. The van der Waals surface area contributed by atoms with E-state index in [0.29, 0.717) is 0 Å². The van der Waals surface area contributed by atoms with Crippen molar-refractivity contribution in [2.45, 2.75) is 77.5 Å². The van der Waals surface area contributed by atoms with Crippen molar-refractivity contribution in [2.24, 2.45) is 0 Å². The van der Waals surface area contributed by atoms with Gasteiger partial charge in [-0.15, -0.1) is 0 Å². The number of hydrogen-bond donors (Lipinski definition) is 1. The van der Waals surface area contributed by atoms with E-state index >= 15 is 0 Å². The van der Waals surface area contributed by atoms with E-state index in [0.717, 1.165) is 25.7 Å². The average molecular weight is 271 g/mol. The lowest BCUT2D eigenvalue weighted by Gasteiger charge is -2.41. The Hall–Kier alpha value is -1.26. The van der Waals surface area contributed by atoms with Crippen LogP contribution >= 0.6 is 0 Å². The Bertz CT molecular complexity index is 353. The van der Waals surface area contributed by atoms with Crippen LogP contribution in [0.2, 0.25) is 0 Å². The highest BCUT2D eigenvalue weighted by Gasteiger charge is 2.44. The fourth-order valence-electron chi connectivity index (χ4n) is 2.65. The maximum Gasteiger partial charge on any atom is 0.411 e. The zero-order valence-electron chi connectivity index (χ0n) is 12.5. The van der Waals surface area contributed by atoms with E-state index < -0.39 is 29.2 Å². The van der Waals surface area contributed by atoms with Gasteiger partial charge in [-0.3, -0.25) is 4.90 Å². The molecule has 1 rings (SSSR count). The summed E-state index contributed by atoms with van der Waals surface area (Å²) in [6.07, 6.45) is 3.14. The topological polar surface area (TPSA) is 66.8 Å². The normalized spacial score (nSPS) is 19.8. The third-order valence-corrected chi connectivity index (χ3v) is 3.60. The highest BCUT2D eigenvalue weighted by Crippen LogP contribution is 2.37. The molecule has 5 nitrogen and oxygen atoms in total. The Morgan fingerprint density at radius 3 is 2.11 bits per heavy atom. The van der Waals surface area contributed by atoms with Crippen molar-refractivity contribution in [3.63, 3.8) is 0 Å². The maximum atomic E-state index is 12.3. The smallest absolute Gasteiger partial charge is 0.411 e. The summed E-state index contributed by atoms with van der Waals surface area (Å²) in [7, 11) is 0. The van der Waals surface area contributed by atoms with E-state index in [1.165, 1.54) is 11.8 Å². The molecular formula is C14H25NO4. The highest BCUT2D eigenvalue weighted by atomic mass is 16.6. The van der Waals surface area contributed by atoms with Crippen molar-refractivity contribution in [3.05, 3.63) is 0 Å². The summed E-state index contributed by atoms with van der Waals surface area (Å²) in [5.74, 6) is -1.00. The van der Waals surface area contributed by atoms with Gasteiger partial charge >= 0.3 is 12.1 Å². The van der Waals surface area contributed by atoms with Crippen LogP contribution in [-0.4, -0.2) is 39.3 Å². The zero-order chi connectivity index (χ0) is 14.8. The van der Waals surface area contributed by atoms with Crippen LogP contribution in [0.25, 0.3) is 0 Å². The lowest BCUT2D eigenvalue weighted by Crippen LogP contribution is -2.56. The van der Waals surface area contributed by atoms with E-state index in [1.807, 2.05) is 6.92 Å². The average Bonchev–Trinajstić information content (AvgIpc) is 2.62. The van der Waals surface area contributed by atoms with Gasteiger partial charge in [0, 0.05) is 5.54 Å². The predicted octanol–water partition coefficient (Wildman–Crippen LogP) is 3.03. The monoisotopic (exact) mass is 271 g/mol. The summed E-state index contributed by atoms with van der Waals surface area (Å²) < 4.78 is 5.37. The number of rotatable bonds is 3. The summed E-state index contributed by atoms with van der Waals surface area (Å²) in [6, 6.07) is -0.877. The number of carbonyl (C=O) groups excluding carboxylic acids is 1. The largest absolute Gasteiger partial charge is 0.480 e. The van der Waals surface area contributed by atoms with Crippen LogP contribution in [0.5, 0.6) is 0 Å². The Labute approximate surface area is 114 Å². The standard InChI is InChI=1S/C14H25NO4/c1-10(11(16)17)15(12(18)19-13(2,3)4)14(5)8-6-7-9-14/h10H,6-9H2,1-5H3,(H,16,17)/t10-/m0/s1. The number of carbonyl (C=O) groups is 2. The van der Waals surface area contributed by atoms with E-state index in [2.05, 4.69) is 0 Å². The molecule has 1 aliphatic rings. The predicted molar refractivity (Wildman–Crippen MR) is 72.0 cm³/mol. The third kappa shape index (κ3) is 3.85. The van der Waals surface area contributed by atoms with Crippen LogP contribution < -0.4 is 0 Å². The number of aliphatic carboxylic acids is 1. The Morgan fingerprint density at radius 2 is 1.74 bits per heavy atom. The van der Waals surface area contributed by atoms with Crippen LogP contribution in [0.3, 0.4) is 0 Å². The number of amides is 1. The lowest BCUT2D eigenvalue weighted by atomic mass is 9.96. The molecule has 0 bridgehead atoms. The summed E-state index contributed by atoms with van der Waals surface area (Å²) >= 11 is 0. The number of carboxylic acid groups (broad SMARTS) is 1. The molecule has 19 heavy (non-hydrogen) atoms. The van der Waals surface area contributed by atoms with Gasteiger partial charge in [-0.2, -0.15) is 0 Å². The lowest BCUT2D eigenvalue weighted by molar-refractivity contribution is -0.144. The quantitative estimate of drug-likeness (QED) is 0.856. The van der Waals surface area contributed by atoms with Gasteiger partial charge in [0.2, 0.25) is 0 Å². The molecule has 0 spiro atoms. The number of ether oxygens (including phenoxy) is 1. The molecule has 110 valence electrons. The fourth-order valence-corrected chi connectivity index (χ4v) is 2.65. The minimum atomic E-state index is -1.00. The minimum absolute atomic E-state index is 0.417. The van der Waals surface area contributed by atoms with Crippen molar-refractivity contribution in [3.8, 4) is 0 Å². The highest BCUT2D eigenvalue weighted by molar-refractivity contribution is 5.80. The van der Waals surface area contributed by atoms with Gasteiger partial charge in [0.1, 0.15) is 11.6 Å². The number of carboxylic acids is 1. The summed E-state index contributed by atoms with van der Waals surface area (Å²) in [4.78, 5) is 25.0. The van der Waals surface area contributed by atoms with Crippen LogP contribution in [0.15, 0.2) is 0 Å². The molecule has 0 aliphatic heterocycles. The molecule has 1 atom stereocenters. The van der Waals surface area contributed by atoms with Gasteiger partial charge in [-0.25, -0.2) is 9.59 Å². The second kappa shape index (κ2) is 5.39. The van der Waals surface area contributed by atoms with Crippen molar-refractivity contribution >= 4 is 12.1 Å². The van der Waals surface area contributed by atoms with Gasteiger partial charge in [0.05, 0.1) is 0 Å². The van der Waals surface area contributed by atoms with Crippen LogP contribution in [0, 0.1) is 0 Å². The Morgan fingerprint density at radius 1 is 1.26 bits per heavy atom. The summed E-state index contributed by atoms with van der Waals surface area (Å²) in [6.45, 7) is 8.83. The second-order valence-corrected chi connectivity index (χ2v) is 6.57. The molecule has 0 aromatic carbocycles. The Kier molecular flexibility index (Phi) is 4.48. The van der Waals surface area contributed by atoms with Gasteiger partial charge in [-0.05, 0) is 47.5 Å². The first-order valence-electron chi connectivity index (χ1n) is 6.82. The molecule has 0 aromatic heterocycles. The van der Waals surface area contributed by atoms with E-state index in [-0.39, 0.29) is 0 Å². The SMILES string of the molecule is C[C@@H](C(=O)O)N(C(=O)OC(C)(C)C)C1(C)CCCC1. The van der Waals surface area contributed by atoms with Gasteiger partial charge in [0.15, 0.2) is 0 Å². The molecule has 0 unspecified atom stereocenters. The molecular weight excluding hydrogens is 246 g/mol. The zero-order valence-corrected chi connectivity index (χ0v) is 12.5. The molecule has 0 radical (unpaired) electrons. The van der Waals surface area contributed by atoms with E-state index in [1.54, 1.807) is 20.8 Å². The molecule has 0 heterocycles. The molecule has 1 amide bonds. The molecule has 1 saturated carbocycles. The first-order valence-corrected chi connectivity index (χ1v) is 6.82. The fraction of sp³-hybridized carbons (Fsp3) is 0.857. The maximum absolute atomic E-state index is 12.3. The van der Waals surface area contributed by atoms with Crippen LogP contribution in [0.1, 0.15) is 60.3 Å². The first-order chi connectivity index (χ1) is 8.57. The molecule has 1 N–H and O–H groups in total. The minimum Gasteiger partial charge on any atom is -0.480 e. The molecule has 0 saturated heterocycles. The van der Waals surface area contributed by atoms with Gasteiger partial charge < -0.3 is 9.84 Å². The second-order valence-electron chi connectivity index (χ2n) is 6.57. The van der Waals surface area contributed by atoms with Gasteiger partial charge in [-0.1, -0.05) is 12.8 Å². The van der Waals surface area contributed by atoms with Crippen molar-refractivity contribution in [1.29, 1.82) is 0 Å². The third-order valence-electron chi connectivity index (χ3n) is 3.60. The molecule has 1 fully saturated rings. The van der Waals surface area contributed by atoms with Crippen molar-refractivity contribution in [2.75, 3.05) is 0 Å². The van der Waals surface area contributed by atoms with E-state index in [9.17, 15) is 14.7 Å². The van der Waals surface area contributed by atoms with Crippen LogP contribution in [-0.2, 0) is 9.53 Å². The summed E-state index contributed by atoms with van der Waals surface area (Å²) in [5.41, 5.74) is -1.04. The number of hydrogen-bond acceptors (Lipinski definition) is 3. The van der Waals surface area contributed by atoms with Crippen LogP contribution in [0.4, 0.5) is 4.79 Å². The van der Waals surface area contributed by atoms with Gasteiger partial charge in [0.25, 0.3) is 0 Å². The molecule has 0 aromatic rings. The first kappa shape index (κ1) is 15.8.